The molecule has 0 aromatic carbocycles. The lowest BCUT2D eigenvalue weighted by Crippen LogP contribution is -2.45. The van der Waals surface area contributed by atoms with Gasteiger partial charge in [-0.2, -0.15) is 0 Å². The Kier molecular flexibility index (Phi) is 2.45. The van der Waals surface area contributed by atoms with E-state index in [2.05, 4.69) is 40.9 Å². The number of hydrogen-bond acceptors (Lipinski definition) is 3. The number of rotatable bonds is 2. The summed E-state index contributed by atoms with van der Waals surface area (Å²) in [4.78, 5) is 9.58. The summed E-state index contributed by atoms with van der Waals surface area (Å²) in [5.74, 6) is 0. The van der Waals surface area contributed by atoms with Gasteiger partial charge in [0.15, 0.2) is 0 Å². The molecule has 2 fully saturated rings. The first-order chi connectivity index (χ1) is 7.75. The molecule has 3 heteroatoms. The minimum Gasteiger partial charge on any atom is -0.301 e. The van der Waals surface area contributed by atoms with Crippen molar-refractivity contribution in [2.45, 2.75) is 31.5 Å². The van der Waals surface area contributed by atoms with E-state index in [0.29, 0.717) is 6.04 Å². The summed E-state index contributed by atoms with van der Waals surface area (Å²) in [5.41, 5.74) is 1.21. The van der Waals surface area contributed by atoms with E-state index in [1.807, 2.05) is 12.3 Å². The number of likely N-dealkylation sites (tertiary alicyclic amines) is 2. The molecule has 3 nitrogen and oxygen atoms in total. The van der Waals surface area contributed by atoms with Crippen molar-refractivity contribution in [1.29, 1.82) is 0 Å². The van der Waals surface area contributed by atoms with Crippen LogP contribution >= 0.6 is 0 Å². The van der Waals surface area contributed by atoms with Crippen LogP contribution in [-0.4, -0.2) is 47.0 Å². The van der Waals surface area contributed by atoms with E-state index < -0.39 is 0 Å². The number of hydrogen-bond donors (Lipinski definition) is 0. The molecule has 0 saturated carbocycles. The van der Waals surface area contributed by atoms with Crippen LogP contribution in [0.5, 0.6) is 0 Å². The molecule has 1 aromatic rings. The van der Waals surface area contributed by atoms with Crippen molar-refractivity contribution in [2.24, 2.45) is 0 Å². The van der Waals surface area contributed by atoms with Gasteiger partial charge in [0.25, 0.3) is 0 Å². The number of likely N-dealkylation sites (N-methyl/N-ethyl adjacent to an activating group) is 1. The summed E-state index contributed by atoms with van der Waals surface area (Å²) in [6.45, 7) is 4.71. The minimum atomic E-state index is 0.463. The third-order valence-corrected chi connectivity index (χ3v) is 4.17. The maximum atomic E-state index is 4.47. The Bertz CT molecular complexity index is 363. The zero-order valence-corrected chi connectivity index (χ0v) is 10.0. The molecule has 2 aliphatic rings. The molecule has 2 saturated heterocycles. The monoisotopic (exact) mass is 217 g/mol. The van der Waals surface area contributed by atoms with Gasteiger partial charge < -0.3 is 4.90 Å². The molecule has 16 heavy (non-hydrogen) atoms. The Morgan fingerprint density at radius 3 is 2.75 bits per heavy atom. The molecular formula is C13H19N3. The van der Waals surface area contributed by atoms with Gasteiger partial charge in [0.2, 0.25) is 0 Å². The van der Waals surface area contributed by atoms with E-state index >= 15 is 0 Å². The average molecular weight is 217 g/mol. The number of fused-ring (bicyclic) bond motifs is 2. The van der Waals surface area contributed by atoms with Crippen LogP contribution in [0, 0.1) is 0 Å². The van der Waals surface area contributed by atoms with Gasteiger partial charge in [-0.3, -0.25) is 9.88 Å². The fraction of sp³-hybridized carbons (Fsp3) is 0.615. The Balaban J connectivity index is 1.76. The van der Waals surface area contributed by atoms with Gasteiger partial charge in [-0.15, -0.1) is 0 Å². The van der Waals surface area contributed by atoms with E-state index in [1.54, 1.807) is 0 Å². The van der Waals surface area contributed by atoms with Crippen LogP contribution in [0.3, 0.4) is 0 Å². The molecule has 0 amide bonds. The zero-order chi connectivity index (χ0) is 11.1. The third-order valence-electron chi connectivity index (χ3n) is 4.17. The summed E-state index contributed by atoms with van der Waals surface area (Å²) in [6, 6.07) is 8.19. The minimum absolute atomic E-state index is 0.463. The number of aromatic nitrogens is 1. The molecule has 0 aliphatic carbocycles. The molecule has 1 aromatic heterocycles. The van der Waals surface area contributed by atoms with Crippen molar-refractivity contribution in [3.05, 3.63) is 30.1 Å². The van der Waals surface area contributed by atoms with Crippen molar-refractivity contribution < 1.29 is 0 Å². The fourth-order valence-corrected chi connectivity index (χ4v) is 3.16. The first-order valence-corrected chi connectivity index (χ1v) is 6.12. The van der Waals surface area contributed by atoms with Crippen molar-refractivity contribution >= 4 is 0 Å². The highest BCUT2D eigenvalue weighted by molar-refractivity contribution is 5.11. The Hall–Kier alpha value is -0.930. The van der Waals surface area contributed by atoms with Gasteiger partial charge in [-0.1, -0.05) is 6.07 Å². The van der Waals surface area contributed by atoms with Gasteiger partial charge in [-0.05, 0) is 32.5 Å². The van der Waals surface area contributed by atoms with Crippen LogP contribution in [-0.2, 0) is 0 Å². The summed E-state index contributed by atoms with van der Waals surface area (Å²) in [7, 11) is 2.24. The molecule has 2 bridgehead atoms. The van der Waals surface area contributed by atoms with Crippen LogP contribution in [0.4, 0.5) is 0 Å². The van der Waals surface area contributed by atoms with E-state index in [4.69, 9.17) is 0 Å². The second-order valence-corrected chi connectivity index (χ2v) is 5.11. The normalized spacial score (nSPS) is 32.1. The topological polar surface area (TPSA) is 19.4 Å². The van der Waals surface area contributed by atoms with Crippen molar-refractivity contribution in [1.82, 2.24) is 14.8 Å². The van der Waals surface area contributed by atoms with Gasteiger partial charge in [0.05, 0.1) is 5.69 Å². The van der Waals surface area contributed by atoms with Crippen LogP contribution in [0.2, 0.25) is 0 Å². The van der Waals surface area contributed by atoms with E-state index in [9.17, 15) is 0 Å². The standard InChI is InChI=1S/C13H19N3/c1-10(13-5-3-4-6-14-13)16-9-11-7-12(16)8-15(11)2/h3-6,10-12H,7-9H2,1-2H3/t10-,11?,12?/m0/s1. The van der Waals surface area contributed by atoms with E-state index in [0.717, 1.165) is 12.1 Å². The van der Waals surface area contributed by atoms with Gasteiger partial charge in [-0.25, -0.2) is 0 Å². The molecule has 86 valence electrons. The molecule has 3 rings (SSSR count). The average Bonchev–Trinajstić information content (AvgIpc) is 2.88. The molecule has 0 radical (unpaired) electrons. The Labute approximate surface area is 97.1 Å². The summed E-state index contributed by atoms with van der Waals surface area (Å²) in [5, 5.41) is 0. The quantitative estimate of drug-likeness (QED) is 0.749. The van der Waals surface area contributed by atoms with Crippen LogP contribution in [0.15, 0.2) is 24.4 Å². The Morgan fingerprint density at radius 1 is 1.31 bits per heavy atom. The third kappa shape index (κ3) is 1.55. The lowest BCUT2D eigenvalue weighted by molar-refractivity contribution is 0.112. The molecule has 2 unspecified atom stereocenters. The maximum Gasteiger partial charge on any atom is 0.0572 e. The summed E-state index contributed by atoms with van der Waals surface area (Å²) >= 11 is 0. The number of pyridine rings is 1. The molecule has 2 aliphatic heterocycles. The molecular weight excluding hydrogens is 198 g/mol. The van der Waals surface area contributed by atoms with Gasteiger partial charge >= 0.3 is 0 Å². The van der Waals surface area contributed by atoms with Crippen molar-refractivity contribution in [2.75, 3.05) is 20.1 Å². The Morgan fingerprint density at radius 2 is 2.19 bits per heavy atom. The van der Waals surface area contributed by atoms with Gasteiger partial charge in [0.1, 0.15) is 0 Å². The predicted octanol–water partition coefficient (Wildman–Crippen LogP) is 1.53. The first-order valence-electron chi connectivity index (χ1n) is 6.12. The largest absolute Gasteiger partial charge is 0.301 e. The highest BCUT2D eigenvalue weighted by Crippen LogP contribution is 2.35. The van der Waals surface area contributed by atoms with Crippen molar-refractivity contribution in [3.8, 4) is 0 Å². The van der Waals surface area contributed by atoms with Crippen LogP contribution < -0.4 is 0 Å². The van der Waals surface area contributed by atoms with E-state index in [1.165, 1.54) is 25.2 Å². The maximum absolute atomic E-state index is 4.47. The highest BCUT2D eigenvalue weighted by Gasteiger charge is 2.43. The zero-order valence-electron chi connectivity index (χ0n) is 10.0. The van der Waals surface area contributed by atoms with Gasteiger partial charge in [0, 0.05) is 37.4 Å². The summed E-state index contributed by atoms with van der Waals surface area (Å²) < 4.78 is 0. The molecule has 0 spiro atoms. The SMILES string of the molecule is C[C@@H](c1ccccn1)N1CC2CC1CN2C. The van der Waals surface area contributed by atoms with Crippen LogP contribution in [0.25, 0.3) is 0 Å². The molecule has 3 heterocycles. The summed E-state index contributed by atoms with van der Waals surface area (Å²) in [6.07, 6.45) is 3.24. The highest BCUT2D eigenvalue weighted by atomic mass is 15.3. The van der Waals surface area contributed by atoms with E-state index in [-0.39, 0.29) is 0 Å². The predicted molar refractivity (Wildman–Crippen MR) is 64.2 cm³/mol. The fourth-order valence-electron chi connectivity index (χ4n) is 3.16. The van der Waals surface area contributed by atoms with Crippen LogP contribution in [0.1, 0.15) is 25.1 Å². The second kappa shape index (κ2) is 3.82. The number of nitrogens with zero attached hydrogens (tertiary/aromatic N) is 3. The van der Waals surface area contributed by atoms with Crippen molar-refractivity contribution in [3.63, 3.8) is 0 Å². The second-order valence-electron chi connectivity index (χ2n) is 5.11. The molecule has 3 atom stereocenters. The number of piperazine rings is 1. The first kappa shape index (κ1) is 10.2. The lowest BCUT2D eigenvalue weighted by Gasteiger charge is -2.35. The lowest BCUT2D eigenvalue weighted by atomic mass is 10.1. The smallest absolute Gasteiger partial charge is 0.0572 e. The molecule has 0 N–H and O–H groups in total.